The van der Waals surface area contributed by atoms with Crippen LogP contribution in [0.1, 0.15) is 13.8 Å². The molecule has 1 aromatic carbocycles. The van der Waals surface area contributed by atoms with E-state index in [1.807, 2.05) is 38.1 Å². The van der Waals surface area contributed by atoms with Crippen LogP contribution in [0, 0.1) is 0 Å². The van der Waals surface area contributed by atoms with Crippen molar-refractivity contribution in [1.29, 1.82) is 0 Å². The zero-order chi connectivity index (χ0) is 12.4. The lowest BCUT2D eigenvalue weighted by Gasteiger charge is -2.09. The summed E-state index contributed by atoms with van der Waals surface area (Å²) in [6.07, 6.45) is 0.119. The maximum absolute atomic E-state index is 11.3. The van der Waals surface area contributed by atoms with Gasteiger partial charge >= 0.3 is 5.69 Å². The number of aromatic nitrogens is 3. The van der Waals surface area contributed by atoms with Crippen molar-refractivity contribution >= 4 is 0 Å². The summed E-state index contributed by atoms with van der Waals surface area (Å²) in [6.45, 7) is 3.94. The summed E-state index contributed by atoms with van der Waals surface area (Å²) < 4.78 is 6.86. The third kappa shape index (κ3) is 2.55. The number of hydrogen-bond donors (Lipinski definition) is 1. The van der Waals surface area contributed by atoms with Crippen LogP contribution in [0.2, 0.25) is 0 Å². The van der Waals surface area contributed by atoms with Crippen LogP contribution in [0.25, 0.3) is 11.4 Å². The van der Waals surface area contributed by atoms with E-state index in [1.165, 1.54) is 4.68 Å². The first-order valence-corrected chi connectivity index (χ1v) is 5.46. The molecule has 0 saturated carbocycles. The minimum absolute atomic E-state index is 0.119. The maximum atomic E-state index is 11.3. The van der Waals surface area contributed by atoms with Crippen LogP contribution >= 0.6 is 0 Å². The fourth-order valence-corrected chi connectivity index (χ4v) is 1.52. The molecule has 1 aromatic heterocycles. The molecule has 5 heteroatoms. The maximum Gasteiger partial charge on any atom is 0.343 e. The minimum Gasteiger partial charge on any atom is -0.491 e. The van der Waals surface area contributed by atoms with E-state index in [-0.39, 0.29) is 11.8 Å². The standard InChI is InChI=1S/C12H15N3O2/c1-8(2)17-10-6-4-5-9(7-10)11-13-12(16)15(3)14-11/h4-8H,1-3H3,(H,13,14,16). The normalized spacial score (nSPS) is 10.8. The number of aryl methyl sites for hydroxylation is 1. The first-order chi connectivity index (χ1) is 8.06. The van der Waals surface area contributed by atoms with Gasteiger partial charge in [0.15, 0.2) is 5.82 Å². The fraction of sp³-hybridized carbons (Fsp3) is 0.333. The van der Waals surface area contributed by atoms with Crippen molar-refractivity contribution in [3.63, 3.8) is 0 Å². The number of hydrogen-bond acceptors (Lipinski definition) is 3. The molecule has 0 aliphatic heterocycles. The molecule has 0 bridgehead atoms. The van der Waals surface area contributed by atoms with Gasteiger partial charge in [-0.25, -0.2) is 9.48 Å². The molecule has 1 N–H and O–H groups in total. The molecule has 0 atom stereocenters. The van der Waals surface area contributed by atoms with E-state index >= 15 is 0 Å². The van der Waals surface area contributed by atoms with Crippen LogP contribution in [-0.4, -0.2) is 20.9 Å². The number of ether oxygens (including phenoxy) is 1. The highest BCUT2D eigenvalue weighted by Gasteiger charge is 2.06. The minimum atomic E-state index is -0.227. The molecule has 0 fully saturated rings. The molecule has 0 aliphatic rings. The van der Waals surface area contributed by atoms with Gasteiger partial charge in [-0.1, -0.05) is 12.1 Å². The Morgan fingerprint density at radius 3 is 2.76 bits per heavy atom. The average Bonchev–Trinajstić information content (AvgIpc) is 2.59. The number of aromatic amines is 1. The molecule has 0 unspecified atom stereocenters. The number of H-pyrrole nitrogens is 1. The highest BCUT2D eigenvalue weighted by atomic mass is 16.5. The molecule has 0 amide bonds. The largest absolute Gasteiger partial charge is 0.491 e. The van der Waals surface area contributed by atoms with Crippen molar-refractivity contribution in [2.75, 3.05) is 0 Å². The molecule has 0 radical (unpaired) electrons. The van der Waals surface area contributed by atoms with Gasteiger partial charge in [0.2, 0.25) is 0 Å². The third-order valence-corrected chi connectivity index (χ3v) is 2.25. The van der Waals surface area contributed by atoms with E-state index < -0.39 is 0 Å². The van der Waals surface area contributed by atoms with Crippen molar-refractivity contribution in [2.24, 2.45) is 7.05 Å². The van der Waals surface area contributed by atoms with Crippen molar-refractivity contribution in [3.8, 4) is 17.1 Å². The summed E-state index contributed by atoms with van der Waals surface area (Å²) in [5.41, 5.74) is 0.607. The summed E-state index contributed by atoms with van der Waals surface area (Å²) in [5, 5.41) is 4.09. The lowest BCUT2D eigenvalue weighted by Crippen LogP contribution is -2.13. The van der Waals surface area contributed by atoms with E-state index in [1.54, 1.807) is 7.05 Å². The Kier molecular flexibility index (Phi) is 2.99. The smallest absolute Gasteiger partial charge is 0.343 e. The predicted octanol–water partition coefficient (Wildman–Crippen LogP) is 1.56. The number of benzene rings is 1. The Labute approximate surface area is 99.1 Å². The van der Waals surface area contributed by atoms with Crippen LogP contribution in [0.15, 0.2) is 29.1 Å². The van der Waals surface area contributed by atoms with Crippen LogP contribution in [0.4, 0.5) is 0 Å². The fourth-order valence-electron chi connectivity index (χ4n) is 1.52. The molecule has 0 spiro atoms. The van der Waals surface area contributed by atoms with Gasteiger partial charge in [-0.05, 0) is 26.0 Å². The second-order valence-corrected chi connectivity index (χ2v) is 4.10. The van der Waals surface area contributed by atoms with Crippen LogP contribution in [0.3, 0.4) is 0 Å². The molecule has 17 heavy (non-hydrogen) atoms. The number of nitrogens with zero attached hydrogens (tertiary/aromatic N) is 2. The van der Waals surface area contributed by atoms with Gasteiger partial charge in [-0.2, -0.15) is 5.10 Å². The van der Waals surface area contributed by atoms with Crippen LogP contribution < -0.4 is 10.4 Å². The monoisotopic (exact) mass is 233 g/mol. The van der Waals surface area contributed by atoms with Gasteiger partial charge in [0, 0.05) is 12.6 Å². The van der Waals surface area contributed by atoms with Gasteiger partial charge < -0.3 is 4.74 Å². The zero-order valence-electron chi connectivity index (χ0n) is 10.1. The molecule has 0 aliphatic carbocycles. The third-order valence-electron chi connectivity index (χ3n) is 2.25. The molecule has 2 aromatic rings. The quantitative estimate of drug-likeness (QED) is 0.875. The lowest BCUT2D eigenvalue weighted by atomic mass is 10.2. The summed E-state index contributed by atoms with van der Waals surface area (Å²) in [6, 6.07) is 7.49. The second kappa shape index (κ2) is 4.45. The van der Waals surface area contributed by atoms with Crippen LogP contribution in [-0.2, 0) is 7.05 Å². The number of nitrogens with one attached hydrogen (secondary N) is 1. The highest BCUT2D eigenvalue weighted by molar-refractivity contribution is 5.56. The Bertz CT molecular complexity index is 569. The molecular weight excluding hydrogens is 218 g/mol. The summed E-state index contributed by atoms with van der Waals surface area (Å²) >= 11 is 0. The SMILES string of the molecule is CC(C)Oc1cccc(-c2nn(C)c(=O)[nH]2)c1. The van der Waals surface area contributed by atoms with Crippen molar-refractivity contribution < 1.29 is 4.74 Å². The Hall–Kier alpha value is -2.04. The molecular formula is C12H15N3O2. The molecule has 1 heterocycles. The predicted molar refractivity (Wildman–Crippen MR) is 65.0 cm³/mol. The van der Waals surface area contributed by atoms with Gasteiger partial charge in [0.1, 0.15) is 5.75 Å². The Morgan fingerprint density at radius 2 is 2.18 bits per heavy atom. The van der Waals surface area contributed by atoms with Crippen molar-refractivity contribution in [1.82, 2.24) is 14.8 Å². The first kappa shape index (κ1) is 11.4. The van der Waals surface area contributed by atoms with Crippen LogP contribution in [0.5, 0.6) is 5.75 Å². The number of rotatable bonds is 3. The molecule has 2 rings (SSSR count). The van der Waals surface area contributed by atoms with Crippen molar-refractivity contribution in [2.45, 2.75) is 20.0 Å². The van der Waals surface area contributed by atoms with E-state index in [2.05, 4.69) is 10.1 Å². The van der Waals surface area contributed by atoms with E-state index in [4.69, 9.17) is 4.74 Å². The first-order valence-electron chi connectivity index (χ1n) is 5.46. The molecule has 90 valence electrons. The van der Waals surface area contributed by atoms with Gasteiger partial charge in [-0.15, -0.1) is 0 Å². The van der Waals surface area contributed by atoms with Gasteiger partial charge in [0.05, 0.1) is 6.10 Å². The topological polar surface area (TPSA) is 59.9 Å². The van der Waals surface area contributed by atoms with E-state index in [0.717, 1.165) is 11.3 Å². The summed E-state index contributed by atoms with van der Waals surface area (Å²) in [7, 11) is 1.61. The zero-order valence-corrected chi connectivity index (χ0v) is 10.1. The molecule has 5 nitrogen and oxygen atoms in total. The molecule has 0 saturated heterocycles. The lowest BCUT2D eigenvalue weighted by molar-refractivity contribution is 0.242. The van der Waals surface area contributed by atoms with Crippen molar-refractivity contribution in [3.05, 3.63) is 34.7 Å². The Morgan fingerprint density at radius 1 is 1.41 bits per heavy atom. The van der Waals surface area contributed by atoms with E-state index in [0.29, 0.717) is 5.82 Å². The highest BCUT2D eigenvalue weighted by Crippen LogP contribution is 2.20. The summed E-state index contributed by atoms with van der Waals surface area (Å²) in [4.78, 5) is 14.0. The Balaban J connectivity index is 2.36. The van der Waals surface area contributed by atoms with Gasteiger partial charge in [0.25, 0.3) is 0 Å². The average molecular weight is 233 g/mol. The summed E-state index contributed by atoms with van der Waals surface area (Å²) in [5.74, 6) is 1.32. The van der Waals surface area contributed by atoms with E-state index in [9.17, 15) is 4.79 Å². The second-order valence-electron chi connectivity index (χ2n) is 4.10. The van der Waals surface area contributed by atoms with Gasteiger partial charge in [-0.3, -0.25) is 4.98 Å².